The molecule has 8 heteroatoms. The lowest BCUT2D eigenvalue weighted by Crippen LogP contribution is -2.38. The third-order valence-corrected chi connectivity index (χ3v) is 4.40. The van der Waals surface area contributed by atoms with Crippen LogP contribution in [0.3, 0.4) is 0 Å². The summed E-state index contributed by atoms with van der Waals surface area (Å²) in [6.45, 7) is -0.0466. The predicted octanol–water partition coefficient (Wildman–Crippen LogP) is 2.16. The number of hydrogen-bond donors (Lipinski definition) is 1. The van der Waals surface area contributed by atoms with Gasteiger partial charge in [0.2, 0.25) is 10.0 Å². The lowest BCUT2D eigenvalue weighted by atomic mass is 10.2. The van der Waals surface area contributed by atoms with E-state index in [2.05, 4.69) is 5.32 Å². The van der Waals surface area contributed by atoms with Gasteiger partial charge in [-0.2, -0.15) is 0 Å². The number of nitrogens with zero attached hydrogens (tertiary/aromatic N) is 1. The van der Waals surface area contributed by atoms with Gasteiger partial charge in [0.15, 0.2) is 0 Å². The lowest BCUT2D eigenvalue weighted by Gasteiger charge is -2.22. The summed E-state index contributed by atoms with van der Waals surface area (Å²) in [5.41, 5.74) is 0.432. The van der Waals surface area contributed by atoms with E-state index in [-0.39, 0.29) is 24.3 Å². The van der Waals surface area contributed by atoms with Gasteiger partial charge in [-0.05, 0) is 42.5 Å². The van der Waals surface area contributed by atoms with Crippen molar-refractivity contribution in [1.29, 1.82) is 0 Å². The van der Waals surface area contributed by atoms with Gasteiger partial charge < -0.3 is 5.32 Å². The zero-order chi connectivity index (χ0) is 17.7. The van der Waals surface area contributed by atoms with E-state index in [1.54, 1.807) is 0 Å². The summed E-state index contributed by atoms with van der Waals surface area (Å²) in [5.74, 6) is -1.47. The summed E-state index contributed by atoms with van der Waals surface area (Å²) in [6.07, 6.45) is 1.000. The number of carbonyl (C=O) groups is 1. The van der Waals surface area contributed by atoms with E-state index < -0.39 is 27.6 Å². The maximum absolute atomic E-state index is 13.3. The first-order chi connectivity index (χ1) is 11.3. The minimum Gasteiger partial charge on any atom is -0.350 e. The van der Waals surface area contributed by atoms with Gasteiger partial charge in [-0.3, -0.25) is 9.10 Å². The summed E-state index contributed by atoms with van der Waals surface area (Å²) >= 11 is 0. The van der Waals surface area contributed by atoms with Gasteiger partial charge in [0.05, 0.1) is 18.5 Å². The lowest BCUT2D eigenvalue weighted by molar-refractivity contribution is 0.0955. The van der Waals surface area contributed by atoms with Crippen LogP contribution in [0.25, 0.3) is 0 Å². The Morgan fingerprint density at radius 3 is 2.33 bits per heavy atom. The molecule has 0 saturated carbocycles. The Balaban J connectivity index is 2.04. The second kappa shape index (κ2) is 7.39. The number of anilines is 1. The molecule has 0 saturated heterocycles. The number of carbonyl (C=O) groups excluding carboxylic acids is 1. The first kappa shape index (κ1) is 17.9. The summed E-state index contributed by atoms with van der Waals surface area (Å²) in [4.78, 5) is 11.9. The van der Waals surface area contributed by atoms with E-state index in [4.69, 9.17) is 0 Å². The summed E-state index contributed by atoms with van der Waals surface area (Å²) in [7, 11) is -3.64. The van der Waals surface area contributed by atoms with E-state index in [1.165, 1.54) is 30.3 Å². The summed E-state index contributed by atoms with van der Waals surface area (Å²) in [6, 6.07) is 10.1. The number of hydrogen-bond acceptors (Lipinski definition) is 3. The van der Waals surface area contributed by atoms with E-state index in [0.717, 1.165) is 28.8 Å². The highest BCUT2D eigenvalue weighted by Crippen LogP contribution is 2.18. The van der Waals surface area contributed by atoms with Crippen LogP contribution in [-0.2, 0) is 10.0 Å². The van der Waals surface area contributed by atoms with Crippen LogP contribution in [0.1, 0.15) is 10.4 Å². The molecule has 0 atom stereocenters. The van der Waals surface area contributed by atoms with Gasteiger partial charge in [-0.1, -0.05) is 6.07 Å². The van der Waals surface area contributed by atoms with E-state index in [9.17, 15) is 22.0 Å². The molecule has 0 spiro atoms. The van der Waals surface area contributed by atoms with Crippen molar-refractivity contribution in [2.45, 2.75) is 0 Å². The minimum absolute atomic E-state index is 0.0137. The highest BCUT2D eigenvalue weighted by molar-refractivity contribution is 7.92. The summed E-state index contributed by atoms with van der Waals surface area (Å²) < 4.78 is 50.9. The normalized spacial score (nSPS) is 11.1. The van der Waals surface area contributed by atoms with E-state index in [0.29, 0.717) is 0 Å². The van der Waals surface area contributed by atoms with Crippen LogP contribution in [0.4, 0.5) is 14.5 Å². The predicted molar refractivity (Wildman–Crippen MR) is 87.3 cm³/mol. The van der Waals surface area contributed by atoms with Gasteiger partial charge in [0.1, 0.15) is 11.6 Å². The molecule has 128 valence electrons. The maximum atomic E-state index is 13.3. The number of halogens is 2. The molecule has 0 heterocycles. The van der Waals surface area contributed by atoms with Crippen molar-refractivity contribution in [3.63, 3.8) is 0 Å². The largest absolute Gasteiger partial charge is 0.350 e. The Kier molecular flexibility index (Phi) is 5.50. The van der Waals surface area contributed by atoms with Gasteiger partial charge in [0, 0.05) is 12.1 Å². The highest BCUT2D eigenvalue weighted by Gasteiger charge is 2.18. The Morgan fingerprint density at radius 1 is 1.08 bits per heavy atom. The molecule has 24 heavy (non-hydrogen) atoms. The molecular weight excluding hydrogens is 338 g/mol. The molecule has 2 aromatic carbocycles. The number of benzene rings is 2. The maximum Gasteiger partial charge on any atom is 0.251 e. The highest BCUT2D eigenvalue weighted by atomic mass is 32.2. The molecular formula is C16H16F2N2O3S. The van der Waals surface area contributed by atoms with Crippen LogP contribution in [0.2, 0.25) is 0 Å². The first-order valence-corrected chi connectivity index (χ1v) is 8.89. The van der Waals surface area contributed by atoms with Crippen molar-refractivity contribution in [3.8, 4) is 0 Å². The summed E-state index contributed by atoms with van der Waals surface area (Å²) in [5, 5.41) is 2.54. The molecule has 0 fully saturated rings. The van der Waals surface area contributed by atoms with Crippen LogP contribution in [0, 0.1) is 11.6 Å². The van der Waals surface area contributed by atoms with Crippen molar-refractivity contribution < 1.29 is 22.0 Å². The van der Waals surface area contributed by atoms with Crippen molar-refractivity contribution in [1.82, 2.24) is 5.32 Å². The molecule has 0 aliphatic heterocycles. The van der Waals surface area contributed by atoms with Crippen LogP contribution >= 0.6 is 0 Å². The minimum atomic E-state index is -3.64. The van der Waals surface area contributed by atoms with Gasteiger partial charge in [-0.15, -0.1) is 0 Å². The SMILES string of the molecule is CS(=O)(=O)N(CCNC(=O)c1ccc(F)cc1)c1cccc(F)c1. The average molecular weight is 354 g/mol. The number of amides is 1. The Morgan fingerprint density at radius 2 is 1.75 bits per heavy atom. The fraction of sp³-hybridized carbons (Fsp3) is 0.188. The standard InChI is InChI=1S/C16H16F2N2O3S/c1-24(22,23)20(15-4-2-3-14(18)11-15)10-9-19-16(21)12-5-7-13(17)8-6-12/h2-8,11H,9-10H2,1H3,(H,19,21). The Labute approximate surface area is 139 Å². The number of rotatable bonds is 6. The van der Waals surface area contributed by atoms with Crippen LogP contribution in [0.5, 0.6) is 0 Å². The smallest absolute Gasteiger partial charge is 0.251 e. The molecule has 1 amide bonds. The Hall–Kier alpha value is -2.48. The topological polar surface area (TPSA) is 66.5 Å². The van der Waals surface area contributed by atoms with Crippen molar-refractivity contribution in [2.75, 3.05) is 23.7 Å². The zero-order valence-corrected chi connectivity index (χ0v) is 13.7. The molecule has 1 N–H and O–H groups in total. The monoisotopic (exact) mass is 354 g/mol. The molecule has 0 unspecified atom stereocenters. The van der Waals surface area contributed by atoms with Crippen LogP contribution < -0.4 is 9.62 Å². The number of sulfonamides is 1. The van der Waals surface area contributed by atoms with Crippen molar-refractivity contribution in [2.24, 2.45) is 0 Å². The molecule has 0 bridgehead atoms. The van der Waals surface area contributed by atoms with Gasteiger partial charge in [-0.25, -0.2) is 17.2 Å². The van der Waals surface area contributed by atoms with Gasteiger partial charge in [0.25, 0.3) is 5.91 Å². The second-order valence-corrected chi connectivity index (χ2v) is 6.98. The molecule has 0 aromatic heterocycles. The average Bonchev–Trinajstić information content (AvgIpc) is 2.50. The van der Waals surface area contributed by atoms with E-state index in [1.807, 2.05) is 0 Å². The molecule has 2 aromatic rings. The van der Waals surface area contributed by atoms with Crippen molar-refractivity contribution in [3.05, 3.63) is 65.7 Å². The number of nitrogens with one attached hydrogen (secondary N) is 1. The molecule has 5 nitrogen and oxygen atoms in total. The van der Waals surface area contributed by atoms with Gasteiger partial charge >= 0.3 is 0 Å². The first-order valence-electron chi connectivity index (χ1n) is 7.04. The third kappa shape index (κ3) is 4.76. The van der Waals surface area contributed by atoms with Crippen LogP contribution in [0.15, 0.2) is 48.5 Å². The fourth-order valence-corrected chi connectivity index (χ4v) is 3.01. The molecule has 0 aliphatic carbocycles. The molecule has 0 radical (unpaired) electrons. The molecule has 2 rings (SSSR count). The zero-order valence-electron chi connectivity index (χ0n) is 12.9. The van der Waals surface area contributed by atoms with Crippen molar-refractivity contribution >= 4 is 21.6 Å². The van der Waals surface area contributed by atoms with Crippen LogP contribution in [-0.4, -0.2) is 33.7 Å². The fourth-order valence-electron chi connectivity index (χ4n) is 2.09. The Bertz CT molecular complexity index is 823. The quantitative estimate of drug-likeness (QED) is 0.864. The second-order valence-electron chi connectivity index (χ2n) is 5.08. The molecule has 0 aliphatic rings. The van der Waals surface area contributed by atoms with E-state index >= 15 is 0 Å². The third-order valence-electron chi connectivity index (χ3n) is 3.20.